The molecule has 0 atom stereocenters. The third-order valence-electron chi connectivity index (χ3n) is 2.94. The van der Waals surface area contributed by atoms with E-state index in [4.69, 9.17) is 0 Å². The Balaban J connectivity index is 2.17. The zero-order valence-electron chi connectivity index (χ0n) is 9.53. The number of aromatic nitrogens is 2. The number of Topliss-reactive ketones (excluding diaryl/α,β-unsaturated/α-hetero) is 1. The number of hydrogen-bond donors (Lipinski definition) is 0. The molecule has 0 amide bonds. The van der Waals surface area contributed by atoms with Crippen LogP contribution in [0.25, 0.3) is 0 Å². The van der Waals surface area contributed by atoms with Gasteiger partial charge in [0.2, 0.25) is 5.78 Å². The van der Waals surface area contributed by atoms with Gasteiger partial charge in [0, 0.05) is 0 Å². The van der Waals surface area contributed by atoms with E-state index in [-0.39, 0.29) is 5.78 Å². The molecule has 86 valence electrons. The fourth-order valence-electron chi connectivity index (χ4n) is 1.98. The first-order chi connectivity index (χ1) is 7.79. The van der Waals surface area contributed by atoms with Gasteiger partial charge in [-0.1, -0.05) is 23.4 Å². The van der Waals surface area contributed by atoms with Crippen LogP contribution in [-0.4, -0.2) is 15.4 Å². The molecule has 4 heteroatoms. The Hall–Kier alpha value is -1.03. The van der Waals surface area contributed by atoms with Gasteiger partial charge >= 0.3 is 0 Å². The molecule has 0 bridgehead atoms. The van der Waals surface area contributed by atoms with Crippen LogP contribution in [0.15, 0.2) is 11.6 Å². The highest BCUT2D eigenvalue weighted by atomic mass is 32.1. The molecule has 1 aliphatic rings. The molecule has 0 saturated carbocycles. The van der Waals surface area contributed by atoms with Crippen LogP contribution in [0.4, 0.5) is 0 Å². The Morgan fingerprint density at radius 2 is 2.12 bits per heavy atom. The monoisotopic (exact) mass is 236 g/mol. The van der Waals surface area contributed by atoms with Gasteiger partial charge in [-0.05, 0) is 49.7 Å². The van der Waals surface area contributed by atoms with Gasteiger partial charge in [-0.3, -0.25) is 4.79 Å². The normalized spacial score (nSPS) is 17.4. The van der Waals surface area contributed by atoms with E-state index in [2.05, 4.69) is 15.7 Å². The lowest BCUT2D eigenvalue weighted by Gasteiger charge is -2.09. The predicted molar refractivity (Wildman–Crippen MR) is 64.8 cm³/mol. The van der Waals surface area contributed by atoms with Crippen molar-refractivity contribution in [2.75, 3.05) is 0 Å². The van der Waals surface area contributed by atoms with E-state index < -0.39 is 0 Å². The van der Waals surface area contributed by atoms with E-state index in [1.54, 1.807) is 0 Å². The minimum atomic E-state index is 0.148. The number of nitrogens with zero attached hydrogens (tertiary/aromatic N) is 2. The molecule has 0 aromatic carbocycles. The Morgan fingerprint density at radius 1 is 1.31 bits per heavy atom. The van der Waals surface area contributed by atoms with Crippen LogP contribution in [0.2, 0.25) is 0 Å². The molecule has 0 aliphatic heterocycles. The smallest absolute Gasteiger partial charge is 0.202 e. The molecule has 0 N–H and O–H groups in total. The summed E-state index contributed by atoms with van der Waals surface area (Å²) in [6, 6.07) is 0. The summed E-state index contributed by atoms with van der Waals surface area (Å²) in [5.41, 5.74) is 1.73. The van der Waals surface area contributed by atoms with Gasteiger partial charge in [0.05, 0.1) is 5.69 Å². The van der Waals surface area contributed by atoms with Crippen molar-refractivity contribution in [2.24, 2.45) is 0 Å². The molecule has 0 radical (unpaired) electrons. The fourth-order valence-corrected chi connectivity index (χ4v) is 2.62. The summed E-state index contributed by atoms with van der Waals surface area (Å²) in [6.07, 6.45) is 8.92. The lowest BCUT2D eigenvalue weighted by Crippen LogP contribution is -2.05. The average molecular weight is 236 g/mol. The molecule has 0 fully saturated rings. The number of carbonyl (C=O) groups is 1. The highest BCUT2D eigenvalue weighted by Crippen LogP contribution is 2.22. The van der Waals surface area contributed by atoms with Gasteiger partial charge in [-0.25, -0.2) is 0 Å². The summed E-state index contributed by atoms with van der Waals surface area (Å²) in [7, 11) is 0. The van der Waals surface area contributed by atoms with Crippen LogP contribution < -0.4 is 0 Å². The predicted octanol–water partition coefficient (Wildman–Crippen LogP) is 3.31. The lowest BCUT2D eigenvalue weighted by atomic mass is 9.96. The van der Waals surface area contributed by atoms with Gasteiger partial charge in [-0.15, -0.1) is 5.10 Å². The van der Waals surface area contributed by atoms with E-state index in [9.17, 15) is 4.79 Å². The molecule has 2 rings (SSSR count). The summed E-state index contributed by atoms with van der Waals surface area (Å²) in [5.74, 6) is 0.148. The quantitative estimate of drug-likeness (QED) is 0.740. The number of aryl methyl sites for hydroxylation is 1. The molecule has 3 nitrogen and oxygen atoms in total. The van der Waals surface area contributed by atoms with Crippen LogP contribution in [0.1, 0.15) is 53.9 Å². The first kappa shape index (κ1) is 11.5. The standard InChI is InChI=1S/C12H16N2OS/c1-9-12(16-14-13-9)11(15)10-7-5-3-2-4-6-8-10/h7H,2-6,8H2,1H3. The Morgan fingerprint density at radius 3 is 2.88 bits per heavy atom. The van der Waals surface area contributed by atoms with E-state index in [0.717, 1.165) is 30.5 Å². The van der Waals surface area contributed by atoms with E-state index in [0.29, 0.717) is 4.88 Å². The molecular weight excluding hydrogens is 220 g/mol. The van der Waals surface area contributed by atoms with Crippen LogP contribution in [-0.2, 0) is 0 Å². The third-order valence-corrected chi connectivity index (χ3v) is 3.77. The minimum Gasteiger partial charge on any atom is -0.288 e. The molecule has 16 heavy (non-hydrogen) atoms. The van der Waals surface area contributed by atoms with Crippen molar-refractivity contribution in [3.05, 3.63) is 22.2 Å². The van der Waals surface area contributed by atoms with Crippen molar-refractivity contribution in [3.8, 4) is 0 Å². The van der Waals surface area contributed by atoms with Crippen LogP contribution >= 0.6 is 11.5 Å². The summed E-state index contributed by atoms with van der Waals surface area (Å²) in [4.78, 5) is 12.9. The highest BCUT2D eigenvalue weighted by molar-refractivity contribution is 7.08. The van der Waals surface area contributed by atoms with Crippen LogP contribution in [0, 0.1) is 6.92 Å². The second-order valence-corrected chi connectivity index (χ2v) is 4.95. The maximum Gasteiger partial charge on any atom is 0.202 e. The summed E-state index contributed by atoms with van der Waals surface area (Å²) in [6.45, 7) is 1.85. The number of hydrogen-bond acceptors (Lipinski definition) is 4. The van der Waals surface area contributed by atoms with E-state index in [1.165, 1.54) is 30.8 Å². The molecule has 1 heterocycles. The van der Waals surface area contributed by atoms with Gasteiger partial charge in [0.1, 0.15) is 4.88 Å². The number of carbonyl (C=O) groups excluding carboxylic acids is 1. The second-order valence-electron chi connectivity index (χ2n) is 4.20. The zero-order chi connectivity index (χ0) is 11.4. The minimum absolute atomic E-state index is 0.148. The van der Waals surface area contributed by atoms with Crippen molar-refractivity contribution in [2.45, 2.75) is 45.4 Å². The number of ketones is 1. The first-order valence-corrected chi connectivity index (χ1v) is 6.59. The van der Waals surface area contributed by atoms with E-state index in [1.807, 2.05) is 6.92 Å². The first-order valence-electron chi connectivity index (χ1n) is 5.81. The fraction of sp³-hybridized carbons (Fsp3) is 0.583. The summed E-state index contributed by atoms with van der Waals surface area (Å²) < 4.78 is 3.82. The maximum atomic E-state index is 12.2. The van der Waals surface area contributed by atoms with E-state index >= 15 is 0 Å². The molecule has 1 aromatic heterocycles. The van der Waals surface area contributed by atoms with Crippen molar-refractivity contribution < 1.29 is 4.79 Å². The van der Waals surface area contributed by atoms with Gasteiger partial charge in [0.15, 0.2) is 0 Å². The number of allylic oxidation sites excluding steroid dienone is 2. The molecule has 0 saturated heterocycles. The topological polar surface area (TPSA) is 42.9 Å². The van der Waals surface area contributed by atoms with Gasteiger partial charge in [0.25, 0.3) is 0 Å². The van der Waals surface area contributed by atoms with Crippen molar-refractivity contribution in [1.82, 2.24) is 9.59 Å². The molecule has 0 unspecified atom stereocenters. The second kappa shape index (κ2) is 5.34. The van der Waals surface area contributed by atoms with Crippen LogP contribution in [0.3, 0.4) is 0 Å². The SMILES string of the molecule is Cc1nnsc1C(=O)C1=CCCCCCC1. The summed E-state index contributed by atoms with van der Waals surface area (Å²) >= 11 is 1.21. The molecular formula is C12H16N2OS. The highest BCUT2D eigenvalue weighted by Gasteiger charge is 2.17. The Kier molecular flexibility index (Phi) is 3.83. The lowest BCUT2D eigenvalue weighted by molar-refractivity contribution is 0.103. The van der Waals surface area contributed by atoms with Gasteiger partial charge in [-0.2, -0.15) is 0 Å². The number of rotatable bonds is 2. The van der Waals surface area contributed by atoms with Crippen LogP contribution in [0.5, 0.6) is 0 Å². The zero-order valence-corrected chi connectivity index (χ0v) is 10.3. The molecule has 0 spiro atoms. The van der Waals surface area contributed by atoms with Crippen molar-refractivity contribution in [1.29, 1.82) is 0 Å². The van der Waals surface area contributed by atoms with Gasteiger partial charge < -0.3 is 0 Å². The largest absolute Gasteiger partial charge is 0.288 e. The van der Waals surface area contributed by atoms with Crippen molar-refractivity contribution >= 4 is 17.3 Å². The maximum absolute atomic E-state index is 12.2. The molecule has 1 aliphatic carbocycles. The molecule has 1 aromatic rings. The Labute approximate surface area is 99.7 Å². The summed E-state index contributed by atoms with van der Waals surface area (Å²) in [5, 5.41) is 3.89. The average Bonchev–Trinajstić information content (AvgIpc) is 2.63. The Bertz CT molecular complexity index is 409. The third kappa shape index (κ3) is 2.55. The van der Waals surface area contributed by atoms with Crippen molar-refractivity contribution in [3.63, 3.8) is 0 Å².